The minimum Gasteiger partial charge on any atom is -0.254 e. The van der Waals surface area contributed by atoms with E-state index >= 15 is 0 Å². The van der Waals surface area contributed by atoms with E-state index in [9.17, 15) is 0 Å². The Morgan fingerprint density at radius 3 is 1.77 bits per heavy atom. The SMILES string of the molecule is CC1(C)c2ccc(-c3ccccc3-c3ccc4ccc5cccnc5c4n3)cc2-c2cc3c4ccccc4c4ccccc4c3cc21. The van der Waals surface area contributed by atoms with Crippen LogP contribution in [0.2, 0.25) is 0 Å². The van der Waals surface area contributed by atoms with Crippen LogP contribution in [0.4, 0.5) is 0 Å². The number of nitrogens with zero attached hydrogens (tertiary/aromatic N) is 2. The van der Waals surface area contributed by atoms with Gasteiger partial charge in [-0.05, 0) is 96.0 Å². The molecule has 0 saturated heterocycles. The molecule has 2 nitrogen and oxygen atoms in total. The third-order valence-corrected chi connectivity index (χ3v) is 10.5. The number of hydrogen-bond acceptors (Lipinski definition) is 2. The lowest BCUT2D eigenvalue weighted by atomic mass is 9.81. The van der Waals surface area contributed by atoms with Gasteiger partial charge in [-0.15, -0.1) is 0 Å². The summed E-state index contributed by atoms with van der Waals surface area (Å²) in [5.41, 5.74) is 11.6. The number of fused-ring (bicyclic) bond motifs is 12. The van der Waals surface area contributed by atoms with Gasteiger partial charge >= 0.3 is 0 Å². The third kappa shape index (κ3) is 3.73. The van der Waals surface area contributed by atoms with Crippen molar-refractivity contribution >= 4 is 54.1 Å². The second-order valence-electron chi connectivity index (χ2n) is 13.4. The average molecular weight is 599 g/mol. The summed E-state index contributed by atoms with van der Waals surface area (Å²) in [5.74, 6) is 0. The Hall–Kier alpha value is -5.86. The lowest BCUT2D eigenvalue weighted by Gasteiger charge is -2.22. The van der Waals surface area contributed by atoms with E-state index in [-0.39, 0.29) is 5.41 Å². The first kappa shape index (κ1) is 26.4. The van der Waals surface area contributed by atoms with Gasteiger partial charge in [-0.1, -0.05) is 123 Å². The van der Waals surface area contributed by atoms with Gasteiger partial charge in [0.2, 0.25) is 0 Å². The van der Waals surface area contributed by atoms with Crippen LogP contribution in [0.1, 0.15) is 25.0 Å². The zero-order chi connectivity index (χ0) is 31.3. The summed E-state index contributed by atoms with van der Waals surface area (Å²) in [7, 11) is 0. The van der Waals surface area contributed by atoms with Crippen molar-refractivity contribution in [2.24, 2.45) is 0 Å². The van der Waals surface area contributed by atoms with E-state index in [2.05, 4.69) is 147 Å². The zero-order valence-electron chi connectivity index (χ0n) is 26.3. The Kier molecular flexibility index (Phi) is 5.37. The van der Waals surface area contributed by atoms with Crippen molar-refractivity contribution in [3.05, 3.63) is 157 Å². The Bertz CT molecular complexity index is 2770. The molecule has 0 radical (unpaired) electrons. The maximum Gasteiger partial charge on any atom is 0.0972 e. The number of rotatable bonds is 2. The van der Waals surface area contributed by atoms with E-state index in [0.29, 0.717) is 0 Å². The van der Waals surface area contributed by atoms with Crippen molar-refractivity contribution in [3.8, 4) is 33.5 Å². The van der Waals surface area contributed by atoms with E-state index in [1.165, 1.54) is 65.7 Å². The first-order valence-corrected chi connectivity index (χ1v) is 16.3. The summed E-state index contributed by atoms with van der Waals surface area (Å²) in [6.07, 6.45) is 1.85. The number of benzene rings is 7. The Labute approximate surface area is 273 Å². The van der Waals surface area contributed by atoms with Crippen LogP contribution >= 0.6 is 0 Å². The molecule has 1 aliphatic rings. The molecular weight excluding hydrogens is 569 g/mol. The summed E-state index contributed by atoms with van der Waals surface area (Å²) in [4.78, 5) is 9.91. The number of pyridine rings is 2. The maximum absolute atomic E-state index is 5.22. The molecule has 9 aromatic rings. The van der Waals surface area contributed by atoms with Crippen LogP contribution in [0.5, 0.6) is 0 Å². The molecule has 0 aliphatic heterocycles. The van der Waals surface area contributed by atoms with Gasteiger partial charge in [-0.25, -0.2) is 4.98 Å². The third-order valence-electron chi connectivity index (χ3n) is 10.5. The van der Waals surface area contributed by atoms with Crippen molar-refractivity contribution in [2.75, 3.05) is 0 Å². The Morgan fingerprint density at radius 2 is 1.02 bits per heavy atom. The highest BCUT2D eigenvalue weighted by molar-refractivity contribution is 6.26. The molecule has 10 rings (SSSR count). The van der Waals surface area contributed by atoms with E-state index in [0.717, 1.165) is 33.1 Å². The van der Waals surface area contributed by atoms with Crippen molar-refractivity contribution in [1.82, 2.24) is 9.97 Å². The summed E-state index contributed by atoms with van der Waals surface area (Å²) in [6, 6.07) is 51.0. The van der Waals surface area contributed by atoms with Crippen molar-refractivity contribution in [3.63, 3.8) is 0 Å². The molecule has 2 aromatic heterocycles. The minimum atomic E-state index is -0.113. The van der Waals surface area contributed by atoms with Gasteiger partial charge in [0.15, 0.2) is 0 Å². The van der Waals surface area contributed by atoms with Crippen molar-refractivity contribution < 1.29 is 0 Å². The van der Waals surface area contributed by atoms with Gasteiger partial charge in [0.1, 0.15) is 0 Å². The molecule has 47 heavy (non-hydrogen) atoms. The fraction of sp³-hybridized carbons (Fsp3) is 0.0667. The molecule has 0 fully saturated rings. The summed E-state index contributed by atoms with van der Waals surface area (Å²) in [5, 5.41) is 10.1. The van der Waals surface area contributed by atoms with Crippen LogP contribution in [0, 0.1) is 0 Å². The first-order valence-electron chi connectivity index (χ1n) is 16.3. The molecule has 0 bridgehead atoms. The number of aromatic nitrogens is 2. The quantitative estimate of drug-likeness (QED) is 0.185. The van der Waals surface area contributed by atoms with Gasteiger partial charge in [-0.2, -0.15) is 0 Å². The normalized spacial score (nSPS) is 13.5. The number of hydrogen-bond donors (Lipinski definition) is 0. The molecule has 0 amide bonds. The highest BCUT2D eigenvalue weighted by Gasteiger charge is 2.36. The van der Waals surface area contributed by atoms with Gasteiger partial charge in [0.25, 0.3) is 0 Å². The maximum atomic E-state index is 5.22. The van der Waals surface area contributed by atoms with E-state index in [4.69, 9.17) is 9.97 Å². The van der Waals surface area contributed by atoms with Crippen LogP contribution in [-0.2, 0) is 5.41 Å². The predicted octanol–water partition coefficient (Wildman–Crippen LogP) is 11.9. The predicted molar refractivity (Wildman–Crippen MR) is 198 cm³/mol. The first-order chi connectivity index (χ1) is 23.1. The van der Waals surface area contributed by atoms with Crippen LogP contribution in [0.25, 0.3) is 87.6 Å². The van der Waals surface area contributed by atoms with Gasteiger partial charge in [0.05, 0.1) is 16.7 Å². The molecule has 2 heteroatoms. The second kappa shape index (κ2) is 9.57. The molecule has 1 aliphatic carbocycles. The monoisotopic (exact) mass is 598 g/mol. The molecule has 0 N–H and O–H groups in total. The molecule has 0 unspecified atom stereocenters. The smallest absolute Gasteiger partial charge is 0.0972 e. The Balaban J connectivity index is 1.19. The molecule has 2 heterocycles. The molecule has 0 saturated carbocycles. The fourth-order valence-electron chi connectivity index (χ4n) is 8.15. The largest absolute Gasteiger partial charge is 0.254 e. The second-order valence-corrected chi connectivity index (χ2v) is 13.4. The topological polar surface area (TPSA) is 25.8 Å². The van der Waals surface area contributed by atoms with Crippen LogP contribution in [0.15, 0.2) is 146 Å². The van der Waals surface area contributed by atoms with E-state index in [1.54, 1.807) is 0 Å². The lowest BCUT2D eigenvalue weighted by molar-refractivity contribution is 0.661. The summed E-state index contributed by atoms with van der Waals surface area (Å²) < 4.78 is 0. The zero-order valence-corrected chi connectivity index (χ0v) is 26.3. The molecule has 0 atom stereocenters. The molecule has 220 valence electrons. The van der Waals surface area contributed by atoms with E-state index < -0.39 is 0 Å². The van der Waals surface area contributed by atoms with Crippen molar-refractivity contribution in [2.45, 2.75) is 19.3 Å². The van der Waals surface area contributed by atoms with E-state index in [1.807, 2.05) is 12.3 Å². The fourth-order valence-corrected chi connectivity index (χ4v) is 8.15. The Morgan fingerprint density at radius 1 is 0.426 bits per heavy atom. The minimum absolute atomic E-state index is 0.113. The van der Waals surface area contributed by atoms with Gasteiger partial charge in [0, 0.05) is 27.9 Å². The lowest BCUT2D eigenvalue weighted by Crippen LogP contribution is -2.14. The average Bonchev–Trinajstić information content (AvgIpc) is 3.35. The van der Waals surface area contributed by atoms with Crippen LogP contribution in [0.3, 0.4) is 0 Å². The summed E-state index contributed by atoms with van der Waals surface area (Å²) in [6.45, 7) is 4.75. The molecular formula is C45H30N2. The standard InChI is InChI=1S/C45H30N2/c1-45(2)40-21-19-29(30-11-3-8-16-35(30)42-22-20-28-18-17-27-10-9-23-46-43(27)44(28)47-42)24-38(40)39-25-36-33-14-6-4-12-31(33)32-13-5-7-15-34(32)37(36)26-41(39)45/h3-26H,1-2H3. The molecule has 0 spiro atoms. The highest BCUT2D eigenvalue weighted by Crippen LogP contribution is 2.52. The van der Waals surface area contributed by atoms with Crippen LogP contribution < -0.4 is 0 Å². The van der Waals surface area contributed by atoms with Crippen LogP contribution in [-0.4, -0.2) is 9.97 Å². The van der Waals surface area contributed by atoms with Gasteiger partial charge in [-0.3, -0.25) is 4.98 Å². The van der Waals surface area contributed by atoms with Gasteiger partial charge < -0.3 is 0 Å². The van der Waals surface area contributed by atoms with Crippen molar-refractivity contribution in [1.29, 1.82) is 0 Å². The summed E-state index contributed by atoms with van der Waals surface area (Å²) >= 11 is 0. The molecule has 7 aromatic carbocycles. The highest BCUT2D eigenvalue weighted by atomic mass is 14.8.